The molecule has 2 unspecified atom stereocenters. The lowest BCUT2D eigenvalue weighted by atomic mass is 10.1. The van der Waals surface area contributed by atoms with Gasteiger partial charge in [-0.25, -0.2) is 0 Å². The molecule has 2 heterocycles. The van der Waals surface area contributed by atoms with Gasteiger partial charge >= 0.3 is 0 Å². The molecule has 1 aromatic heterocycles. The molecule has 106 valence electrons. The van der Waals surface area contributed by atoms with Gasteiger partial charge in [-0.1, -0.05) is 0 Å². The molecule has 2 rings (SSSR count). The van der Waals surface area contributed by atoms with Crippen LogP contribution >= 0.6 is 15.9 Å². The second kappa shape index (κ2) is 6.68. The number of aryl methyl sites for hydroxylation is 1. The van der Waals surface area contributed by atoms with Gasteiger partial charge in [0.15, 0.2) is 0 Å². The molecule has 0 bridgehead atoms. The summed E-state index contributed by atoms with van der Waals surface area (Å²) in [7, 11) is 0. The molecule has 1 aliphatic heterocycles. The van der Waals surface area contributed by atoms with Crippen molar-refractivity contribution in [2.24, 2.45) is 0 Å². The molecule has 1 N–H and O–H groups in total. The summed E-state index contributed by atoms with van der Waals surface area (Å²) in [5, 5.41) is 3.44. The van der Waals surface area contributed by atoms with E-state index in [9.17, 15) is 4.79 Å². The van der Waals surface area contributed by atoms with E-state index in [1.807, 2.05) is 19.2 Å². The minimum absolute atomic E-state index is 0.0785. The van der Waals surface area contributed by atoms with Gasteiger partial charge in [-0.2, -0.15) is 0 Å². The summed E-state index contributed by atoms with van der Waals surface area (Å²) in [6.45, 7) is 6.31. The summed E-state index contributed by atoms with van der Waals surface area (Å²) < 4.78 is 8.33. The van der Waals surface area contributed by atoms with Crippen LogP contribution in [0.15, 0.2) is 21.5 Å². The lowest BCUT2D eigenvalue weighted by Gasteiger charge is -2.20. The number of nitrogens with one attached hydrogen (secondary N) is 1. The molecule has 0 saturated carbocycles. The van der Waals surface area contributed by atoms with Crippen molar-refractivity contribution in [3.8, 4) is 0 Å². The van der Waals surface area contributed by atoms with Gasteiger partial charge in [-0.05, 0) is 48.7 Å². The van der Waals surface area contributed by atoms with Gasteiger partial charge in [-0.15, -0.1) is 0 Å². The summed E-state index contributed by atoms with van der Waals surface area (Å²) >= 11 is 3.42. The maximum atomic E-state index is 11.9. The Morgan fingerprint density at radius 1 is 1.63 bits per heavy atom. The minimum Gasteiger partial charge on any atom is -0.377 e. The zero-order chi connectivity index (χ0) is 13.8. The highest BCUT2D eigenvalue weighted by Crippen LogP contribution is 2.15. The van der Waals surface area contributed by atoms with E-state index in [0.717, 1.165) is 36.0 Å². The smallest absolute Gasteiger partial charge is 0.253 e. The molecular formula is C14H21BrN2O2. The number of aromatic nitrogens is 1. The number of nitrogens with zero attached hydrogens (tertiary/aromatic N) is 1. The van der Waals surface area contributed by atoms with E-state index < -0.39 is 0 Å². The summed E-state index contributed by atoms with van der Waals surface area (Å²) in [6, 6.07) is 2.19. The molecule has 0 aromatic carbocycles. The van der Waals surface area contributed by atoms with E-state index in [1.54, 1.807) is 4.57 Å². The molecule has 19 heavy (non-hydrogen) atoms. The molecule has 0 spiro atoms. The summed E-state index contributed by atoms with van der Waals surface area (Å²) in [5.74, 6) is 0. The molecule has 1 saturated heterocycles. The number of ether oxygens (including phenoxy) is 1. The standard InChI is InChI=1S/C14H21BrN2O2/c1-10-8-12(15)9-17(14(10)18)6-5-16-11(2)13-4-3-7-19-13/h8-9,11,13,16H,3-7H2,1-2H3. The molecule has 1 aliphatic rings. The highest BCUT2D eigenvalue weighted by atomic mass is 79.9. The molecule has 2 atom stereocenters. The van der Waals surface area contributed by atoms with Gasteiger partial charge in [-0.3, -0.25) is 4.79 Å². The third kappa shape index (κ3) is 3.91. The Morgan fingerprint density at radius 2 is 2.42 bits per heavy atom. The fourth-order valence-electron chi connectivity index (χ4n) is 2.45. The van der Waals surface area contributed by atoms with Crippen molar-refractivity contribution < 1.29 is 4.74 Å². The van der Waals surface area contributed by atoms with Gasteiger partial charge in [0, 0.05) is 42.0 Å². The van der Waals surface area contributed by atoms with Crippen LogP contribution in [0.4, 0.5) is 0 Å². The SMILES string of the molecule is Cc1cc(Br)cn(CCNC(C)C2CCCO2)c1=O. The van der Waals surface area contributed by atoms with Crippen molar-refractivity contribution in [2.45, 2.75) is 45.4 Å². The van der Waals surface area contributed by atoms with Gasteiger partial charge in [0.2, 0.25) is 0 Å². The summed E-state index contributed by atoms with van der Waals surface area (Å²) in [6.07, 6.45) is 4.44. The molecule has 0 aliphatic carbocycles. The van der Waals surface area contributed by atoms with Crippen molar-refractivity contribution in [3.63, 3.8) is 0 Å². The van der Waals surface area contributed by atoms with Crippen molar-refractivity contribution in [1.29, 1.82) is 0 Å². The first-order valence-corrected chi connectivity index (χ1v) is 7.59. The van der Waals surface area contributed by atoms with E-state index in [0.29, 0.717) is 18.7 Å². The van der Waals surface area contributed by atoms with E-state index in [2.05, 4.69) is 28.2 Å². The maximum absolute atomic E-state index is 11.9. The second-order valence-corrected chi connectivity index (χ2v) is 6.05. The molecule has 4 nitrogen and oxygen atoms in total. The quantitative estimate of drug-likeness (QED) is 0.899. The van der Waals surface area contributed by atoms with Crippen molar-refractivity contribution in [3.05, 3.63) is 32.7 Å². The Hall–Kier alpha value is -0.650. The number of hydrogen-bond donors (Lipinski definition) is 1. The maximum Gasteiger partial charge on any atom is 0.253 e. The third-order valence-corrected chi connectivity index (χ3v) is 4.01. The number of hydrogen-bond acceptors (Lipinski definition) is 3. The van der Waals surface area contributed by atoms with Gasteiger partial charge < -0.3 is 14.6 Å². The van der Waals surface area contributed by atoms with Crippen LogP contribution in [0.5, 0.6) is 0 Å². The first kappa shape index (κ1) is 14.8. The van der Waals surface area contributed by atoms with Gasteiger partial charge in [0.25, 0.3) is 5.56 Å². The molecule has 5 heteroatoms. The van der Waals surface area contributed by atoms with Crippen LogP contribution in [0, 0.1) is 6.92 Å². The fourth-order valence-corrected chi connectivity index (χ4v) is 3.04. The summed E-state index contributed by atoms with van der Waals surface area (Å²) in [5.41, 5.74) is 0.844. The zero-order valence-electron chi connectivity index (χ0n) is 11.5. The van der Waals surface area contributed by atoms with Crippen LogP contribution in [0.1, 0.15) is 25.3 Å². The van der Waals surface area contributed by atoms with Crippen molar-refractivity contribution >= 4 is 15.9 Å². The van der Waals surface area contributed by atoms with E-state index in [-0.39, 0.29) is 5.56 Å². The molecular weight excluding hydrogens is 308 g/mol. The average molecular weight is 329 g/mol. The largest absolute Gasteiger partial charge is 0.377 e. The Balaban J connectivity index is 1.87. The Bertz CT molecular complexity index is 481. The highest BCUT2D eigenvalue weighted by molar-refractivity contribution is 9.10. The predicted octanol–water partition coefficient (Wildman–Crippen LogP) is 2.08. The predicted molar refractivity (Wildman–Crippen MR) is 79.6 cm³/mol. The van der Waals surface area contributed by atoms with E-state index in [1.165, 1.54) is 0 Å². The van der Waals surface area contributed by atoms with Crippen LogP contribution in [0.25, 0.3) is 0 Å². The zero-order valence-corrected chi connectivity index (χ0v) is 13.1. The third-order valence-electron chi connectivity index (χ3n) is 3.57. The van der Waals surface area contributed by atoms with Crippen LogP contribution in [-0.4, -0.2) is 29.9 Å². The monoisotopic (exact) mass is 328 g/mol. The van der Waals surface area contributed by atoms with Gasteiger partial charge in [0.1, 0.15) is 0 Å². The topological polar surface area (TPSA) is 43.3 Å². The van der Waals surface area contributed by atoms with Crippen molar-refractivity contribution in [1.82, 2.24) is 9.88 Å². The average Bonchev–Trinajstić information content (AvgIpc) is 2.88. The number of pyridine rings is 1. The highest BCUT2D eigenvalue weighted by Gasteiger charge is 2.21. The lowest BCUT2D eigenvalue weighted by molar-refractivity contribution is 0.0835. The van der Waals surface area contributed by atoms with Crippen LogP contribution in [-0.2, 0) is 11.3 Å². The fraction of sp³-hybridized carbons (Fsp3) is 0.643. The minimum atomic E-state index is 0.0785. The van der Waals surface area contributed by atoms with E-state index in [4.69, 9.17) is 4.74 Å². The van der Waals surface area contributed by atoms with Crippen molar-refractivity contribution in [2.75, 3.05) is 13.2 Å². The van der Waals surface area contributed by atoms with Crippen LogP contribution < -0.4 is 10.9 Å². The Kier molecular flexibility index (Phi) is 5.19. The number of halogens is 1. The molecule has 1 aromatic rings. The Morgan fingerprint density at radius 3 is 3.11 bits per heavy atom. The molecule has 0 amide bonds. The molecule has 0 radical (unpaired) electrons. The Labute approximate surface area is 122 Å². The lowest BCUT2D eigenvalue weighted by Crippen LogP contribution is -2.39. The van der Waals surface area contributed by atoms with Crippen LogP contribution in [0.3, 0.4) is 0 Å². The van der Waals surface area contributed by atoms with Crippen LogP contribution in [0.2, 0.25) is 0 Å². The van der Waals surface area contributed by atoms with E-state index >= 15 is 0 Å². The van der Waals surface area contributed by atoms with Gasteiger partial charge in [0.05, 0.1) is 6.10 Å². The molecule has 1 fully saturated rings. The first-order valence-electron chi connectivity index (χ1n) is 6.79. The number of rotatable bonds is 5. The first-order chi connectivity index (χ1) is 9.08. The normalized spacial score (nSPS) is 20.7. The summed E-state index contributed by atoms with van der Waals surface area (Å²) in [4.78, 5) is 11.9. The second-order valence-electron chi connectivity index (χ2n) is 5.13.